The van der Waals surface area contributed by atoms with Crippen LogP contribution in [0.2, 0.25) is 0 Å². The standard InChI is InChI=1S/C15H30N2O2/c1-4-6-7-14(5-2)12-16-8-10-17(11-9-16)13(3)15(18)19/h13-14H,4-12H2,1-3H3,(H,18,19). The number of nitrogens with zero attached hydrogens (tertiary/aromatic N) is 2. The summed E-state index contributed by atoms with van der Waals surface area (Å²) in [7, 11) is 0. The van der Waals surface area contributed by atoms with Crippen LogP contribution in [0.5, 0.6) is 0 Å². The van der Waals surface area contributed by atoms with Crippen molar-refractivity contribution in [2.24, 2.45) is 5.92 Å². The Morgan fingerprint density at radius 2 is 1.84 bits per heavy atom. The van der Waals surface area contributed by atoms with Gasteiger partial charge in [0.1, 0.15) is 6.04 Å². The number of hydrogen-bond acceptors (Lipinski definition) is 3. The molecule has 1 rings (SSSR count). The van der Waals surface area contributed by atoms with Gasteiger partial charge in [-0.3, -0.25) is 9.69 Å². The van der Waals surface area contributed by atoms with Crippen molar-refractivity contribution in [1.29, 1.82) is 0 Å². The fourth-order valence-electron chi connectivity index (χ4n) is 2.77. The lowest BCUT2D eigenvalue weighted by atomic mass is 9.98. The lowest BCUT2D eigenvalue weighted by molar-refractivity contribution is -0.143. The fraction of sp³-hybridized carbons (Fsp3) is 0.933. The first kappa shape index (κ1) is 16.4. The second-order valence-corrected chi connectivity index (χ2v) is 5.77. The third kappa shape index (κ3) is 5.49. The smallest absolute Gasteiger partial charge is 0.320 e. The van der Waals surface area contributed by atoms with E-state index in [9.17, 15) is 4.79 Å². The van der Waals surface area contributed by atoms with Gasteiger partial charge in [-0.2, -0.15) is 0 Å². The Kier molecular flexibility index (Phi) is 7.39. The van der Waals surface area contributed by atoms with E-state index in [1.165, 1.54) is 32.2 Å². The van der Waals surface area contributed by atoms with Gasteiger partial charge in [-0.15, -0.1) is 0 Å². The molecule has 0 bridgehead atoms. The minimum absolute atomic E-state index is 0.343. The summed E-state index contributed by atoms with van der Waals surface area (Å²) in [5.41, 5.74) is 0. The van der Waals surface area contributed by atoms with Crippen LogP contribution in [0.15, 0.2) is 0 Å². The molecular weight excluding hydrogens is 240 g/mol. The van der Waals surface area contributed by atoms with Crippen LogP contribution in [-0.4, -0.2) is 59.6 Å². The minimum atomic E-state index is -0.706. The van der Waals surface area contributed by atoms with Gasteiger partial charge in [0.2, 0.25) is 0 Å². The molecule has 1 saturated heterocycles. The summed E-state index contributed by atoms with van der Waals surface area (Å²) in [6, 6.07) is -0.343. The van der Waals surface area contributed by atoms with Crippen LogP contribution in [-0.2, 0) is 4.79 Å². The second-order valence-electron chi connectivity index (χ2n) is 5.77. The summed E-state index contributed by atoms with van der Waals surface area (Å²) < 4.78 is 0. The molecule has 1 aliphatic rings. The molecule has 0 aromatic heterocycles. The predicted octanol–water partition coefficient (Wildman–Crippen LogP) is 2.29. The largest absolute Gasteiger partial charge is 0.480 e. The maximum absolute atomic E-state index is 11.0. The molecule has 2 unspecified atom stereocenters. The zero-order chi connectivity index (χ0) is 14.3. The van der Waals surface area contributed by atoms with Gasteiger partial charge in [-0.25, -0.2) is 0 Å². The van der Waals surface area contributed by atoms with Crippen LogP contribution in [0.4, 0.5) is 0 Å². The SMILES string of the molecule is CCCCC(CC)CN1CCN(C(C)C(=O)O)CC1. The molecule has 1 N–H and O–H groups in total. The number of carbonyl (C=O) groups is 1. The molecule has 0 amide bonds. The molecule has 4 nitrogen and oxygen atoms in total. The quantitative estimate of drug-likeness (QED) is 0.735. The number of carboxylic acid groups (broad SMARTS) is 1. The van der Waals surface area contributed by atoms with Crippen molar-refractivity contribution in [1.82, 2.24) is 9.80 Å². The van der Waals surface area contributed by atoms with E-state index < -0.39 is 5.97 Å². The Hall–Kier alpha value is -0.610. The maximum atomic E-state index is 11.0. The van der Waals surface area contributed by atoms with Crippen molar-refractivity contribution in [3.05, 3.63) is 0 Å². The Morgan fingerprint density at radius 1 is 1.21 bits per heavy atom. The van der Waals surface area contributed by atoms with E-state index in [-0.39, 0.29) is 6.04 Å². The van der Waals surface area contributed by atoms with Gasteiger partial charge in [0.15, 0.2) is 0 Å². The van der Waals surface area contributed by atoms with Crippen LogP contribution in [0.3, 0.4) is 0 Å². The lowest BCUT2D eigenvalue weighted by Crippen LogP contribution is -2.52. The minimum Gasteiger partial charge on any atom is -0.480 e. The highest BCUT2D eigenvalue weighted by Gasteiger charge is 2.25. The first-order valence-electron chi connectivity index (χ1n) is 7.77. The van der Waals surface area contributed by atoms with Crippen LogP contribution in [0, 0.1) is 5.92 Å². The highest BCUT2D eigenvalue weighted by Crippen LogP contribution is 2.16. The highest BCUT2D eigenvalue weighted by atomic mass is 16.4. The van der Waals surface area contributed by atoms with Gasteiger partial charge in [-0.1, -0.05) is 33.1 Å². The van der Waals surface area contributed by atoms with Crippen molar-refractivity contribution in [3.63, 3.8) is 0 Å². The van der Waals surface area contributed by atoms with E-state index in [1.54, 1.807) is 6.92 Å². The molecule has 0 radical (unpaired) electrons. The number of piperazine rings is 1. The van der Waals surface area contributed by atoms with Crippen LogP contribution in [0.1, 0.15) is 46.5 Å². The summed E-state index contributed by atoms with van der Waals surface area (Å²) >= 11 is 0. The van der Waals surface area contributed by atoms with E-state index in [4.69, 9.17) is 5.11 Å². The maximum Gasteiger partial charge on any atom is 0.320 e. The number of aliphatic carboxylic acids is 1. The number of hydrogen-bond donors (Lipinski definition) is 1. The monoisotopic (exact) mass is 270 g/mol. The van der Waals surface area contributed by atoms with E-state index in [0.717, 1.165) is 32.1 Å². The number of unbranched alkanes of at least 4 members (excludes halogenated alkanes) is 1. The van der Waals surface area contributed by atoms with Crippen molar-refractivity contribution >= 4 is 5.97 Å². The van der Waals surface area contributed by atoms with E-state index in [1.807, 2.05) is 0 Å². The predicted molar refractivity (Wildman–Crippen MR) is 78.4 cm³/mol. The summed E-state index contributed by atoms with van der Waals surface area (Å²) in [5.74, 6) is 0.103. The summed E-state index contributed by atoms with van der Waals surface area (Å²) in [6.45, 7) is 11.3. The molecule has 1 fully saturated rings. The van der Waals surface area contributed by atoms with Crippen LogP contribution >= 0.6 is 0 Å². The van der Waals surface area contributed by atoms with E-state index in [2.05, 4.69) is 23.6 Å². The van der Waals surface area contributed by atoms with E-state index in [0.29, 0.717) is 0 Å². The first-order valence-corrected chi connectivity index (χ1v) is 7.77. The second kappa shape index (κ2) is 8.54. The first-order chi connectivity index (χ1) is 9.08. The Labute approximate surface area is 117 Å². The van der Waals surface area contributed by atoms with Crippen molar-refractivity contribution in [2.75, 3.05) is 32.7 Å². The summed E-state index contributed by atoms with van der Waals surface area (Å²) in [5, 5.41) is 9.03. The highest BCUT2D eigenvalue weighted by molar-refractivity contribution is 5.72. The zero-order valence-electron chi connectivity index (χ0n) is 12.8. The number of carboxylic acids is 1. The molecule has 1 heterocycles. The molecule has 0 saturated carbocycles. The average molecular weight is 270 g/mol. The van der Waals surface area contributed by atoms with E-state index >= 15 is 0 Å². The molecule has 0 spiro atoms. The van der Waals surface area contributed by atoms with Crippen molar-refractivity contribution < 1.29 is 9.90 Å². The fourth-order valence-corrected chi connectivity index (χ4v) is 2.77. The third-order valence-corrected chi connectivity index (χ3v) is 4.37. The van der Waals surface area contributed by atoms with Gasteiger partial charge < -0.3 is 10.0 Å². The third-order valence-electron chi connectivity index (χ3n) is 4.37. The summed E-state index contributed by atoms with van der Waals surface area (Å²) in [6.07, 6.45) is 5.19. The van der Waals surface area contributed by atoms with Gasteiger partial charge in [0, 0.05) is 32.7 Å². The summed E-state index contributed by atoms with van der Waals surface area (Å²) in [4.78, 5) is 15.6. The Bertz CT molecular complexity index is 263. The van der Waals surface area contributed by atoms with Crippen LogP contribution in [0.25, 0.3) is 0 Å². The number of rotatable bonds is 8. The zero-order valence-corrected chi connectivity index (χ0v) is 12.8. The van der Waals surface area contributed by atoms with Gasteiger partial charge in [0.25, 0.3) is 0 Å². The Morgan fingerprint density at radius 3 is 2.32 bits per heavy atom. The lowest BCUT2D eigenvalue weighted by Gasteiger charge is -2.38. The molecule has 1 aliphatic heterocycles. The molecule has 19 heavy (non-hydrogen) atoms. The molecular formula is C15H30N2O2. The van der Waals surface area contributed by atoms with Crippen molar-refractivity contribution in [3.8, 4) is 0 Å². The van der Waals surface area contributed by atoms with Gasteiger partial charge >= 0.3 is 5.97 Å². The average Bonchev–Trinajstić information content (AvgIpc) is 2.43. The van der Waals surface area contributed by atoms with Crippen molar-refractivity contribution in [2.45, 2.75) is 52.5 Å². The molecule has 0 aliphatic carbocycles. The molecule has 4 heteroatoms. The topological polar surface area (TPSA) is 43.8 Å². The molecule has 0 aromatic rings. The van der Waals surface area contributed by atoms with Gasteiger partial charge in [-0.05, 0) is 19.3 Å². The Balaban J connectivity index is 2.30. The van der Waals surface area contributed by atoms with Gasteiger partial charge in [0.05, 0.1) is 0 Å². The molecule has 0 aromatic carbocycles. The molecule has 2 atom stereocenters. The van der Waals surface area contributed by atoms with Crippen LogP contribution < -0.4 is 0 Å². The normalized spacial score (nSPS) is 21.2. The molecule has 112 valence electrons.